The van der Waals surface area contributed by atoms with Gasteiger partial charge in [-0.3, -0.25) is 0 Å². The van der Waals surface area contributed by atoms with Crippen LogP contribution in [0.3, 0.4) is 0 Å². The van der Waals surface area contributed by atoms with Crippen molar-refractivity contribution in [2.24, 2.45) is 0 Å². The summed E-state index contributed by atoms with van der Waals surface area (Å²) in [6.45, 7) is 2.10. The summed E-state index contributed by atoms with van der Waals surface area (Å²) in [6, 6.07) is 7.96. The van der Waals surface area contributed by atoms with Crippen LogP contribution >= 0.6 is 15.9 Å². The van der Waals surface area contributed by atoms with Gasteiger partial charge in [-0.05, 0) is 29.7 Å². The summed E-state index contributed by atoms with van der Waals surface area (Å²) < 4.78 is 0. The van der Waals surface area contributed by atoms with Crippen molar-refractivity contribution in [2.45, 2.75) is 18.7 Å². The number of halogens is 1. The Morgan fingerprint density at radius 2 is 2.17 bits per heavy atom. The number of nitriles is 1. The van der Waals surface area contributed by atoms with E-state index in [2.05, 4.69) is 28.9 Å². The Morgan fingerprint density at radius 1 is 1.42 bits per heavy atom. The summed E-state index contributed by atoms with van der Waals surface area (Å²) in [5, 5.41) is 9.52. The molecular formula is C10H10BrN. The molecule has 0 fully saturated rings. The maximum absolute atomic E-state index is 8.66. The Hall–Kier alpha value is -0.810. The zero-order valence-corrected chi connectivity index (χ0v) is 8.56. The molecule has 0 N–H and O–H groups in total. The highest BCUT2D eigenvalue weighted by atomic mass is 79.9. The zero-order chi connectivity index (χ0) is 8.97. The first-order chi connectivity index (χ1) is 5.81. The Kier molecular flexibility index (Phi) is 3.31. The van der Waals surface area contributed by atoms with E-state index in [-0.39, 0.29) is 0 Å². The molecule has 0 heterocycles. The lowest BCUT2D eigenvalue weighted by molar-refractivity contribution is 1.10. The molecule has 12 heavy (non-hydrogen) atoms. The number of hydrogen-bond acceptors (Lipinski definition) is 1. The fourth-order valence-electron chi connectivity index (χ4n) is 1.15. The van der Waals surface area contributed by atoms with E-state index in [0.717, 1.165) is 17.3 Å². The number of alkyl halides is 1. The molecule has 0 aliphatic heterocycles. The third-order valence-corrected chi connectivity index (χ3v) is 2.46. The highest BCUT2D eigenvalue weighted by molar-refractivity contribution is 9.08. The van der Waals surface area contributed by atoms with Crippen LogP contribution in [0, 0.1) is 11.3 Å². The van der Waals surface area contributed by atoms with Gasteiger partial charge < -0.3 is 0 Å². The molecule has 0 spiro atoms. The van der Waals surface area contributed by atoms with E-state index < -0.39 is 0 Å². The topological polar surface area (TPSA) is 23.8 Å². The lowest BCUT2D eigenvalue weighted by Gasteiger charge is -2.03. The predicted molar refractivity (Wildman–Crippen MR) is 53.2 cm³/mol. The average molecular weight is 224 g/mol. The normalized spacial score (nSPS) is 9.42. The summed E-state index contributed by atoms with van der Waals surface area (Å²) >= 11 is 3.41. The number of benzene rings is 1. The predicted octanol–water partition coefficient (Wildman–Crippen LogP) is 3.02. The van der Waals surface area contributed by atoms with Crippen LogP contribution in [0.1, 0.15) is 23.6 Å². The largest absolute Gasteiger partial charge is 0.192 e. The molecule has 1 rings (SSSR count). The fourth-order valence-corrected chi connectivity index (χ4v) is 1.70. The smallest absolute Gasteiger partial charge is 0.0991 e. The van der Waals surface area contributed by atoms with Gasteiger partial charge >= 0.3 is 0 Å². The van der Waals surface area contributed by atoms with Gasteiger partial charge in [0.2, 0.25) is 0 Å². The molecule has 62 valence electrons. The van der Waals surface area contributed by atoms with E-state index in [1.54, 1.807) is 0 Å². The minimum Gasteiger partial charge on any atom is -0.192 e. The third kappa shape index (κ3) is 1.86. The lowest BCUT2D eigenvalue weighted by atomic mass is 10.0. The first-order valence-corrected chi connectivity index (χ1v) is 5.01. The molecule has 0 unspecified atom stereocenters. The minimum absolute atomic E-state index is 0.747. The van der Waals surface area contributed by atoms with Gasteiger partial charge in [0.1, 0.15) is 0 Å². The molecule has 2 heteroatoms. The Balaban J connectivity index is 3.13. The third-order valence-electron chi connectivity index (χ3n) is 1.86. The van der Waals surface area contributed by atoms with Crippen molar-refractivity contribution in [1.29, 1.82) is 5.26 Å². The Labute approximate surface area is 81.2 Å². The highest BCUT2D eigenvalue weighted by Gasteiger charge is 1.99. The summed E-state index contributed by atoms with van der Waals surface area (Å²) in [7, 11) is 0. The maximum Gasteiger partial charge on any atom is 0.0991 e. The molecule has 1 aromatic carbocycles. The maximum atomic E-state index is 8.66. The van der Waals surface area contributed by atoms with Crippen molar-refractivity contribution in [3.63, 3.8) is 0 Å². The fraction of sp³-hybridized carbons (Fsp3) is 0.300. The molecule has 0 radical (unpaired) electrons. The first-order valence-electron chi connectivity index (χ1n) is 3.89. The van der Waals surface area contributed by atoms with Crippen LogP contribution in [0.25, 0.3) is 0 Å². The molecule has 0 saturated heterocycles. The quantitative estimate of drug-likeness (QED) is 0.708. The van der Waals surface area contributed by atoms with Crippen molar-refractivity contribution in [1.82, 2.24) is 0 Å². The second-order valence-electron chi connectivity index (χ2n) is 2.58. The van der Waals surface area contributed by atoms with Gasteiger partial charge in [0.25, 0.3) is 0 Å². The Morgan fingerprint density at radius 3 is 2.67 bits per heavy atom. The standard InChI is InChI=1S/C10H10BrN/c1-2-9-5-8(7-12)3-4-10(9)6-11/h3-5H,2,6H2,1H3. The van der Waals surface area contributed by atoms with Crippen LogP contribution in [0.4, 0.5) is 0 Å². The molecule has 0 aliphatic rings. The van der Waals surface area contributed by atoms with E-state index >= 15 is 0 Å². The molecular weight excluding hydrogens is 214 g/mol. The summed E-state index contributed by atoms with van der Waals surface area (Å²) in [6.07, 6.45) is 0.983. The van der Waals surface area contributed by atoms with Crippen LogP contribution in [0.15, 0.2) is 18.2 Å². The van der Waals surface area contributed by atoms with E-state index in [1.807, 2.05) is 18.2 Å². The molecule has 1 aromatic rings. The summed E-state index contributed by atoms with van der Waals surface area (Å²) in [4.78, 5) is 0. The van der Waals surface area contributed by atoms with E-state index in [0.29, 0.717) is 0 Å². The second kappa shape index (κ2) is 4.27. The van der Waals surface area contributed by atoms with Crippen molar-refractivity contribution in [3.05, 3.63) is 34.9 Å². The number of rotatable bonds is 2. The van der Waals surface area contributed by atoms with Gasteiger partial charge in [-0.1, -0.05) is 28.9 Å². The number of hydrogen-bond donors (Lipinski definition) is 0. The van der Waals surface area contributed by atoms with Gasteiger partial charge in [0, 0.05) is 5.33 Å². The van der Waals surface area contributed by atoms with Gasteiger partial charge in [-0.15, -0.1) is 0 Å². The highest BCUT2D eigenvalue weighted by Crippen LogP contribution is 2.15. The van der Waals surface area contributed by atoms with Crippen LogP contribution < -0.4 is 0 Å². The number of aryl methyl sites for hydroxylation is 1. The Bertz CT molecular complexity index is 312. The van der Waals surface area contributed by atoms with Gasteiger partial charge in [0.05, 0.1) is 11.6 Å². The van der Waals surface area contributed by atoms with Crippen molar-refractivity contribution in [3.8, 4) is 6.07 Å². The molecule has 0 saturated carbocycles. The molecule has 0 aliphatic carbocycles. The van der Waals surface area contributed by atoms with Crippen LogP contribution in [0.5, 0.6) is 0 Å². The molecule has 1 nitrogen and oxygen atoms in total. The molecule has 0 amide bonds. The lowest BCUT2D eigenvalue weighted by Crippen LogP contribution is -1.90. The van der Waals surface area contributed by atoms with E-state index in [1.165, 1.54) is 11.1 Å². The first kappa shape index (κ1) is 9.28. The van der Waals surface area contributed by atoms with Crippen LogP contribution in [0.2, 0.25) is 0 Å². The summed E-state index contributed by atoms with van der Waals surface area (Å²) in [5.41, 5.74) is 3.28. The van der Waals surface area contributed by atoms with E-state index in [9.17, 15) is 0 Å². The summed E-state index contributed by atoms with van der Waals surface area (Å²) in [5.74, 6) is 0. The van der Waals surface area contributed by atoms with Crippen molar-refractivity contribution >= 4 is 15.9 Å². The van der Waals surface area contributed by atoms with Crippen molar-refractivity contribution < 1.29 is 0 Å². The average Bonchev–Trinajstić information content (AvgIpc) is 2.16. The van der Waals surface area contributed by atoms with E-state index in [4.69, 9.17) is 5.26 Å². The van der Waals surface area contributed by atoms with Gasteiger partial charge in [0.15, 0.2) is 0 Å². The molecule has 0 bridgehead atoms. The van der Waals surface area contributed by atoms with Gasteiger partial charge in [-0.2, -0.15) is 5.26 Å². The zero-order valence-electron chi connectivity index (χ0n) is 6.97. The van der Waals surface area contributed by atoms with Crippen LogP contribution in [-0.2, 0) is 11.8 Å². The monoisotopic (exact) mass is 223 g/mol. The van der Waals surface area contributed by atoms with Crippen LogP contribution in [-0.4, -0.2) is 0 Å². The second-order valence-corrected chi connectivity index (χ2v) is 3.14. The number of nitrogens with zero attached hydrogens (tertiary/aromatic N) is 1. The molecule has 0 atom stereocenters. The van der Waals surface area contributed by atoms with Crippen molar-refractivity contribution in [2.75, 3.05) is 0 Å². The SMILES string of the molecule is CCc1cc(C#N)ccc1CBr. The van der Waals surface area contributed by atoms with Gasteiger partial charge in [-0.25, -0.2) is 0 Å². The minimum atomic E-state index is 0.747. The molecule has 0 aromatic heterocycles.